The molecule has 0 saturated heterocycles. The number of carboxylic acid groups (broad SMARTS) is 1. The van der Waals surface area contributed by atoms with Gasteiger partial charge in [0.2, 0.25) is 15.9 Å². The molecule has 1 amide bonds. The Morgan fingerprint density at radius 2 is 1.84 bits per heavy atom. The van der Waals surface area contributed by atoms with Crippen molar-refractivity contribution in [3.05, 3.63) is 29.8 Å². The quantitative estimate of drug-likeness (QED) is 0.791. The summed E-state index contributed by atoms with van der Waals surface area (Å²) < 4.78 is 25.9. The number of hydrogen-bond donors (Lipinski definition) is 2. The zero-order valence-electron chi connectivity index (χ0n) is 14.4. The Bertz CT molecular complexity index is 745. The molecule has 0 heterocycles. The van der Waals surface area contributed by atoms with E-state index in [1.165, 1.54) is 20.2 Å². The molecule has 0 radical (unpaired) electrons. The molecule has 2 rings (SSSR count). The van der Waals surface area contributed by atoms with E-state index in [0.29, 0.717) is 31.2 Å². The second-order valence-corrected chi connectivity index (χ2v) is 8.63. The van der Waals surface area contributed by atoms with Crippen LogP contribution >= 0.6 is 0 Å². The summed E-state index contributed by atoms with van der Waals surface area (Å²) in [5, 5.41) is 11.9. The van der Waals surface area contributed by atoms with E-state index in [1.807, 2.05) is 0 Å². The number of aliphatic carboxylic acids is 1. The van der Waals surface area contributed by atoms with Gasteiger partial charge in [0.25, 0.3) is 0 Å². The Morgan fingerprint density at radius 3 is 2.48 bits per heavy atom. The van der Waals surface area contributed by atoms with Crippen LogP contribution in [0.2, 0.25) is 0 Å². The molecule has 7 nitrogen and oxygen atoms in total. The maximum Gasteiger partial charge on any atom is 0.306 e. The van der Waals surface area contributed by atoms with Crippen molar-refractivity contribution in [2.24, 2.45) is 11.8 Å². The van der Waals surface area contributed by atoms with E-state index >= 15 is 0 Å². The molecule has 1 saturated carbocycles. The topological polar surface area (TPSA) is 104 Å². The molecule has 138 valence electrons. The van der Waals surface area contributed by atoms with Gasteiger partial charge in [-0.05, 0) is 30.9 Å². The van der Waals surface area contributed by atoms with Gasteiger partial charge in [-0.15, -0.1) is 0 Å². The number of nitrogens with zero attached hydrogens (tertiary/aromatic N) is 1. The first-order chi connectivity index (χ1) is 11.7. The summed E-state index contributed by atoms with van der Waals surface area (Å²) in [5.41, 5.74) is 0.509. The van der Waals surface area contributed by atoms with Crippen LogP contribution in [0.15, 0.2) is 29.2 Å². The highest BCUT2D eigenvalue weighted by atomic mass is 32.2. The lowest BCUT2D eigenvalue weighted by Crippen LogP contribution is -2.35. The number of carboxylic acids is 1. The zero-order chi connectivity index (χ0) is 18.6. The van der Waals surface area contributed by atoms with Crippen LogP contribution in [-0.4, -0.2) is 43.8 Å². The summed E-state index contributed by atoms with van der Waals surface area (Å²) in [5.74, 6) is -1.90. The van der Waals surface area contributed by atoms with E-state index in [0.717, 1.165) is 4.31 Å². The summed E-state index contributed by atoms with van der Waals surface area (Å²) in [6.45, 7) is 0.0936. The first-order valence-corrected chi connectivity index (χ1v) is 9.68. The van der Waals surface area contributed by atoms with E-state index < -0.39 is 21.9 Å². The van der Waals surface area contributed by atoms with E-state index in [-0.39, 0.29) is 23.3 Å². The Kier molecular flexibility index (Phi) is 6.18. The monoisotopic (exact) mass is 368 g/mol. The molecule has 2 atom stereocenters. The predicted octanol–water partition coefficient (Wildman–Crippen LogP) is 1.44. The first kappa shape index (κ1) is 19.4. The fraction of sp³-hybridized carbons (Fsp3) is 0.529. The van der Waals surface area contributed by atoms with Crippen molar-refractivity contribution >= 4 is 21.9 Å². The number of benzene rings is 1. The SMILES string of the molecule is CN(C)S(=O)(=O)c1ccccc1CNC(=O)C1CCCC(C(=O)O)C1. The number of nitrogens with one attached hydrogen (secondary N) is 1. The second kappa shape index (κ2) is 7.97. The molecule has 2 N–H and O–H groups in total. The van der Waals surface area contributed by atoms with Gasteiger partial charge in [0.05, 0.1) is 10.8 Å². The lowest BCUT2D eigenvalue weighted by Gasteiger charge is -2.26. The number of carbonyl (C=O) groups is 2. The van der Waals surface area contributed by atoms with Crippen LogP contribution in [0.5, 0.6) is 0 Å². The van der Waals surface area contributed by atoms with Crippen LogP contribution in [0.25, 0.3) is 0 Å². The van der Waals surface area contributed by atoms with E-state index in [2.05, 4.69) is 5.32 Å². The van der Waals surface area contributed by atoms with Crippen molar-refractivity contribution in [1.29, 1.82) is 0 Å². The van der Waals surface area contributed by atoms with Crippen LogP contribution in [0.4, 0.5) is 0 Å². The van der Waals surface area contributed by atoms with E-state index in [9.17, 15) is 18.0 Å². The average Bonchev–Trinajstić information content (AvgIpc) is 2.59. The minimum atomic E-state index is -3.60. The maximum atomic E-state index is 12.4. The zero-order valence-corrected chi connectivity index (χ0v) is 15.3. The third kappa shape index (κ3) is 4.58. The van der Waals surface area contributed by atoms with Gasteiger partial charge in [-0.25, -0.2) is 12.7 Å². The minimum absolute atomic E-state index is 0.0936. The molecular weight excluding hydrogens is 344 g/mol. The van der Waals surface area contributed by atoms with Gasteiger partial charge in [-0.2, -0.15) is 0 Å². The van der Waals surface area contributed by atoms with Crippen molar-refractivity contribution in [2.45, 2.75) is 37.1 Å². The molecule has 1 aliphatic carbocycles. The van der Waals surface area contributed by atoms with Crippen LogP contribution in [-0.2, 0) is 26.2 Å². The molecule has 1 aromatic carbocycles. The van der Waals surface area contributed by atoms with Gasteiger partial charge < -0.3 is 10.4 Å². The number of sulfonamides is 1. The summed E-state index contributed by atoms with van der Waals surface area (Å²) in [6, 6.07) is 6.53. The molecule has 0 bridgehead atoms. The molecule has 1 fully saturated rings. The average molecular weight is 368 g/mol. The normalized spacial score (nSPS) is 21.1. The van der Waals surface area contributed by atoms with Crippen molar-refractivity contribution < 1.29 is 23.1 Å². The molecule has 2 unspecified atom stereocenters. The number of carbonyl (C=O) groups excluding carboxylic acids is 1. The predicted molar refractivity (Wildman–Crippen MR) is 92.2 cm³/mol. The maximum absolute atomic E-state index is 12.4. The molecule has 1 aromatic rings. The number of hydrogen-bond acceptors (Lipinski definition) is 4. The highest BCUT2D eigenvalue weighted by Gasteiger charge is 2.31. The molecule has 0 spiro atoms. The minimum Gasteiger partial charge on any atom is -0.481 e. The third-order valence-electron chi connectivity index (χ3n) is 4.58. The molecule has 8 heteroatoms. The highest BCUT2D eigenvalue weighted by Crippen LogP contribution is 2.29. The number of rotatable bonds is 6. The summed E-state index contributed by atoms with van der Waals surface area (Å²) in [6.07, 6.45) is 2.30. The van der Waals surface area contributed by atoms with Crippen molar-refractivity contribution in [3.63, 3.8) is 0 Å². The van der Waals surface area contributed by atoms with Gasteiger partial charge >= 0.3 is 5.97 Å². The van der Waals surface area contributed by atoms with Crippen LogP contribution < -0.4 is 5.32 Å². The lowest BCUT2D eigenvalue weighted by atomic mass is 9.81. The third-order valence-corrected chi connectivity index (χ3v) is 6.49. The molecule has 1 aliphatic rings. The summed E-state index contributed by atoms with van der Waals surface area (Å²) in [7, 11) is -0.682. The number of amides is 1. The second-order valence-electron chi connectivity index (χ2n) is 6.51. The van der Waals surface area contributed by atoms with Crippen molar-refractivity contribution in [3.8, 4) is 0 Å². The van der Waals surface area contributed by atoms with Crippen LogP contribution in [0.1, 0.15) is 31.2 Å². The standard InChI is InChI=1S/C17H24N2O5S/c1-19(2)25(23,24)15-9-4-3-6-14(15)11-18-16(20)12-7-5-8-13(10-12)17(21)22/h3-4,6,9,12-13H,5,7-8,10-11H2,1-2H3,(H,18,20)(H,21,22). The van der Waals surface area contributed by atoms with Gasteiger partial charge in [0.15, 0.2) is 0 Å². The Balaban J connectivity index is 2.07. The van der Waals surface area contributed by atoms with E-state index in [4.69, 9.17) is 5.11 Å². The first-order valence-electron chi connectivity index (χ1n) is 8.24. The molecule has 25 heavy (non-hydrogen) atoms. The lowest BCUT2D eigenvalue weighted by molar-refractivity contribution is -0.144. The smallest absolute Gasteiger partial charge is 0.306 e. The van der Waals surface area contributed by atoms with Gasteiger partial charge in [0, 0.05) is 26.6 Å². The van der Waals surface area contributed by atoms with E-state index in [1.54, 1.807) is 18.2 Å². The fourth-order valence-corrected chi connectivity index (χ4v) is 4.19. The Morgan fingerprint density at radius 1 is 1.20 bits per heavy atom. The highest BCUT2D eigenvalue weighted by molar-refractivity contribution is 7.89. The summed E-state index contributed by atoms with van der Waals surface area (Å²) >= 11 is 0. The van der Waals surface area contributed by atoms with Crippen molar-refractivity contribution in [2.75, 3.05) is 14.1 Å². The van der Waals surface area contributed by atoms with Crippen LogP contribution in [0, 0.1) is 11.8 Å². The molecule has 0 aromatic heterocycles. The van der Waals surface area contributed by atoms with Crippen molar-refractivity contribution in [1.82, 2.24) is 9.62 Å². The fourth-order valence-electron chi connectivity index (χ4n) is 3.08. The summed E-state index contributed by atoms with van der Waals surface area (Å²) in [4.78, 5) is 23.6. The van der Waals surface area contributed by atoms with Gasteiger partial charge in [-0.1, -0.05) is 24.6 Å². The molecular formula is C17H24N2O5S. The Labute approximate surface area is 148 Å². The molecule has 0 aliphatic heterocycles. The Hall–Kier alpha value is -1.93. The van der Waals surface area contributed by atoms with Gasteiger partial charge in [0.1, 0.15) is 0 Å². The van der Waals surface area contributed by atoms with Crippen LogP contribution in [0.3, 0.4) is 0 Å². The van der Waals surface area contributed by atoms with Gasteiger partial charge in [-0.3, -0.25) is 9.59 Å². The largest absolute Gasteiger partial charge is 0.481 e.